The molecule has 2 heterocycles. The largest absolute Gasteiger partial charge is 0.387 e. The standard InChI is InChI=1S/C6H10O4/c7-4-3-1-2-9-6(3)10-5(4)8/h3-8H,1-2H2/t3-,4+,5?,6+/m0/s1. The number of rotatable bonds is 0. The number of aliphatic hydroxyl groups is 2. The zero-order chi connectivity index (χ0) is 7.14. The fourth-order valence-electron chi connectivity index (χ4n) is 1.48. The summed E-state index contributed by atoms with van der Waals surface area (Å²) in [6.45, 7) is 0.624. The molecule has 2 fully saturated rings. The molecule has 0 bridgehead atoms. The second-order valence-electron chi connectivity index (χ2n) is 2.71. The summed E-state index contributed by atoms with van der Waals surface area (Å²) in [5.74, 6) is -0.0185. The van der Waals surface area contributed by atoms with Crippen LogP contribution in [-0.4, -0.2) is 35.5 Å². The highest BCUT2D eigenvalue weighted by atomic mass is 16.7. The molecule has 4 heteroatoms. The molecule has 0 aromatic rings. The summed E-state index contributed by atoms with van der Waals surface area (Å²) in [5, 5.41) is 18.2. The Labute approximate surface area is 58.4 Å². The van der Waals surface area contributed by atoms with E-state index in [1.165, 1.54) is 0 Å². The van der Waals surface area contributed by atoms with Crippen molar-refractivity contribution < 1.29 is 19.7 Å². The molecule has 10 heavy (non-hydrogen) atoms. The van der Waals surface area contributed by atoms with Crippen LogP contribution >= 0.6 is 0 Å². The number of fused-ring (bicyclic) bond motifs is 1. The maximum atomic E-state index is 9.21. The highest BCUT2D eigenvalue weighted by molar-refractivity contribution is 4.84. The van der Waals surface area contributed by atoms with Crippen molar-refractivity contribution in [1.29, 1.82) is 0 Å². The van der Waals surface area contributed by atoms with Gasteiger partial charge in [0.25, 0.3) is 0 Å². The zero-order valence-electron chi connectivity index (χ0n) is 5.43. The molecule has 0 amide bonds. The fourth-order valence-corrected chi connectivity index (χ4v) is 1.48. The topological polar surface area (TPSA) is 58.9 Å². The maximum absolute atomic E-state index is 9.21. The Morgan fingerprint density at radius 3 is 2.80 bits per heavy atom. The summed E-state index contributed by atoms with van der Waals surface area (Å²) in [7, 11) is 0. The third-order valence-corrected chi connectivity index (χ3v) is 2.09. The van der Waals surface area contributed by atoms with Crippen LogP contribution in [0.3, 0.4) is 0 Å². The molecule has 0 saturated carbocycles. The Morgan fingerprint density at radius 1 is 1.30 bits per heavy atom. The van der Waals surface area contributed by atoms with Gasteiger partial charge in [-0.3, -0.25) is 0 Å². The first kappa shape index (κ1) is 6.54. The summed E-state index contributed by atoms with van der Waals surface area (Å²) < 4.78 is 9.96. The second kappa shape index (κ2) is 2.17. The molecule has 58 valence electrons. The van der Waals surface area contributed by atoms with Gasteiger partial charge >= 0.3 is 0 Å². The van der Waals surface area contributed by atoms with E-state index in [-0.39, 0.29) is 12.2 Å². The van der Waals surface area contributed by atoms with Crippen LogP contribution in [0, 0.1) is 5.92 Å². The lowest BCUT2D eigenvalue weighted by atomic mass is 10.0. The lowest BCUT2D eigenvalue weighted by Gasteiger charge is -2.08. The van der Waals surface area contributed by atoms with Crippen LogP contribution in [-0.2, 0) is 9.47 Å². The molecule has 1 unspecified atom stereocenters. The normalized spacial score (nSPS) is 53.4. The van der Waals surface area contributed by atoms with Crippen molar-refractivity contribution in [3.63, 3.8) is 0 Å². The van der Waals surface area contributed by atoms with Gasteiger partial charge in [0.15, 0.2) is 12.6 Å². The average Bonchev–Trinajstić information content (AvgIpc) is 2.41. The van der Waals surface area contributed by atoms with Gasteiger partial charge in [0.2, 0.25) is 0 Å². The molecule has 2 rings (SSSR count). The molecule has 2 aliphatic rings. The number of aliphatic hydroxyl groups excluding tert-OH is 2. The molecule has 4 atom stereocenters. The van der Waals surface area contributed by atoms with Crippen molar-refractivity contribution in [3.05, 3.63) is 0 Å². The summed E-state index contributed by atoms with van der Waals surface area (Å²) in [6.07, 6.45) is -1.39. The van der Waals surface area contributed by atoms with Gasteiger partial charge in [-0.1, -0.05) is 0 Å². The summed E-state index contributed by atoms with van der Waals surface area (Å²) >= 11 is 0. The van der Waals surface area contributed by atoms with E-state index >= 15 is 0 Å². The molecular weight excluding hydrogens is 136 g/mol. The zero-order valence-corrected chi connectivity index (χ0v) is 5.43. The maximum Gasteiger partial charge on any atom is 0.184 e. The highest BCUT2D eigenvalue weighted by Gasteiger charge is 2.46. The number of hydrogen-bond donors (Lipinski definition) is 2. The lowest BCUT2D eigenvalue weighted by molar-refractivity contribution is -0.188. The van der Waals surface area contributed by atoms with Crippen molar-refractivity contribution in [2.75, 3.05) is 6.61 Å². The Bertz CT molecular complexity index is 136. The van der Waals surface area contributed by atoms with E-state index in [2.05, 4.69) is 0 Å². The third-order valence-electron chi connectivity index (χ3n) is 2.09. The summed E-state index contributed by atoms with van der Waals surface area (Å²) in [4.78, 5) is 0. The van der Waals surface area contributed by atoms with Gasteiger partial charge < -0.3 is 19.7 Å². The number of hydrogen-bond acceptors (Lipinski definition) is 4. The van der Waals surface area contributed by atoms with Gasteiger partial charge in [-0.05, 0) is 6.42 Å². The first-order valence-electron chi connectivity index (χ1n) is 3.42. The Kier molecular flexibility index (Phi) is 1.42. The highest BCUT2D eigenvalue weighted by Crippen LogP contribution is 2.33. The predicted octanol–water partition coefficient (Wildman–Crippen LogP) is -0.942. The Hall–Kier alpha value is -0.160. The number of ether oxygens (including phenoxy) is 2. The quantitative estimate of drug-likeness (QED) is 0.463. The molecule has 0 radical (unpaired) electrons. The first-order chi connectivity index (χ1) is 4.79. The van der Waals surface area contributed by atoms with Crippen molar-refractivity contribution in [3.8, 4) is 0 Å². The minimum atomic E-state index is -1.05. The molecule has 2 saturated heterocycles. The van der Waals surface area contributed by atoms with Crippen LogP contribution in [0.5, 0.6) is 0 Å². The van der Waals surface area contributed by atoms with Gasteiger partial charge in [-0.25, -0.2) is 0 Å². The van der Waals surface area contributed by atoms with Crippen LogP contribution in [0.1, 0.15) is 6.42 Å². The van der Waals surface area contributed by atoms with Gasteiger partial charge in [-0.15, -0.1) is 0 Å². The molecule has 0 aromatic heterocycles. The smallest absolute Gasteiger partial charge is 0.184 e. The van der Waals surface area contributed by atoms with E-state index in [4.69, 9.17) is 14.6 Å². The van der Waals surface area contributed by atoms with E-state index in [0.717, 1.165) is 6.42 Å². The van der Waals surface area contributed by atoms with E-state index in [1.54, 1.807) is 0 Å². The van der Waals surface area contributed by atoms with Crippen LogP contribution in [0.4, 0.5) is 0 Å². The van der Waals surface area contributed by atoms with Crippen molar-refractivity contribution in [2.45, 2.75) is 25.1 Å². The molecule has 2 N–H and O–H groups in total. The Balaban J connectivity index is 2.09. The molecule has 2 aliphatic heterocycles. The summed E-state index contributed by atoms with van der Waals surface area (Å²) in [5.41, 5.74) is 0. The van der Waals surface area contributed by atoms with Crippen molar-refractivity contribution in [2.24, 2.45) is 5.92 Å². The van der Waals surface area contributed by atoms with E-state index < -0.39 is 12.4 Å². The molecular formula is C6H10O4. The van der Waals surface area contributed by atoms with Crippen molar-refractivity contribution in [1.82, 2.24) is 0 Å². The van der Waals surface area contributed by atoms with Crippen LogP contribution in [0.15, 0.2) is 0 Å². The Morgan fingerprint density at radius 2 is 2.10 bits per heavy atom. The predicted molar refractivity (Wildman–Crippen MR) is 30.9 cm³/mol. The lowest BCUT2D eigenvalue weighted by Crippen LogP contribution is -2.25. The van der Waals surface area contributed by atoms with E-state index in [9.17, 15) is 5.11 Å². The molecule has 4 nitrogen and oxygen atoms in total. The van der Waals surface area contributed by atoms with Crippen LogP contribution in [0.2, 0.25) is 0 Å². The monoisotopic (exact) mass is 146 g/mol. The fraction of sp³-hybridized carbons (Fsp3) is 1.00. The van der Waals surface area contributed by atoms with Crippen molar-refractivity contribution >= 4 is 0 Å². The van der Waals surface area contributed by atoms with E-state index in [0.29, 0.717) is 6.61 Å². The average molecular weight is 146 g/mol. The minimum Gasteiger partial charge on any atom is -0.387 e. The van der Waals surface area contributed by atoms with Gasteiger partial charge in [-0.2, -0.15) is 0 Å². The minimum absolute atomic E-state index is 0.0185. The van der Waals surface area contributed by atoms with Gasteiger partial charge in [0.1, 0.15) is 6.10 Å². The third kappa shape index (κ3) is 0.769. The first-order valence-corrected chi connectivity index (χ1v) is 3.42. The summed E-state index contributed by atoms with van der Waals surface area (Å²) in [6, 6.07) is 0. The van der Waals surface area contributed by atoms with Gasteiger partial charge in [0.05, 0.1) is 6.61 Å². The van der Waals surface area contributed by atoms with Crippen LogP contribution in [0.25, 0.3) is 0 Å². The second-order valence-corrected chi connectivity index (χ2v) is 2.71. The van der Waals surface area contributed by atoms with E-state index in [1.807, 2.05) is 0 Å². The molecule has 0 aliphatic carbocycles. The van der Waals surface area contributed by atoms with Gasteiger partial charge in [0, 0.05) is 5.92 Å². The molecule has 0 spiro atoms. The molecule has 0 aromatic carbocycles. The van der Waals surface area contributed by atoms with Crippen LogP contribution < -0.4 is 0 Å². The SMILES string of the molecule is OC1O[C@H]2OCC[C@H]2[C@H]1O.